The first-order chi connectivity index (χ1) is 17.8. The summed E-state index contributed by atoms with van der Waals surface area (Å²) in [6, 6.07) is 12.1. The lowest BCUT2D eigenvalue weighted by Gasteiger charge is -2.36. The van der Waals surface area contributed by atoms with Crippen LogP contribution in [0.4, 0.5) is 5.69 Å². The van der Waals surface area contributed by atoms with Gasteiger partial charge in [0.15, 0.2) is 5.96 Å². The van der Waals surface area contributed by atoms with Crippen molar-refractivity contribution in [3.05, 3.63) is 58.1 Å². The molecular formula is C27H31ClN6O3. The van der Waals surface area contributed by atoms with Crippen molar-refractivity contribution in [1.29, 1.82) is 5.26 Å². The van der Waals surface area contributed by atoms with Gasteiger partial charge in [-0.25, -0.2) is 0 Å². The summed E-state index contributed by atoms with van der Waals surface area (Å²) in [5.41, 5.74) is 1.92. The van der Waals surface area contributed by atoms with Gasteiger partial charge in [-0.1, -0.05) is 24.6 Å². The van der Waals surface area contributed by atoms with Crippen molar-refractivity contribution < 1.29 is 14.7 Å². The van der Waals surface area contributed by atoms with E-state index in [-0.39, 0.29) is 29.8 Å². The number of nitrogens with one attached hydrogen (secondary N) is 4. The molecule has 2 amide bonds. The lowest BCUT2D eigenvalue weighted by atomic mass is 9.65. The minimum atomic E-state index is -0.509. The largest absolute Gasteiger partial charge is 0.508 e. The molecule has 4 rings (SSSR count). The number of nitrogens with zero attached hydrogens (tertiary/aromatic N) is 2. The number of amides is 2. The smallest absolute Gasteiger partial charge is 0.251 e. The van der Waals surface area contributed by atoms with Gasteiger partial charge in [-0.2, -0.15) is 5.26 Å². The topological polar surface area (TPSA) is 139 Å². The van der Waals surface area contributed by atoms with Crippen LogP contribution in [-0.4, -0.2) is 42.5 Å². The number of aliphatic imine (C=N–C) groups is 1. The molecule has 9 nitrogen and oxygen atoms in total. The van der Waals surface area contributed by atoms with Crippen LogP contribution < -0.4 is 21.3 Å². The quantitative estimate of drug-likeness (QED) is 0.358. The molecule has 1 saturated carbocycles. The molecule has 1 aliphatic carbocycles. The Kier molecular flexibility index (Phi) is 8.19. The van der Waals surface area contributed by atoms with Gasteiger partial charge >= 0.3 is 0 Å². The van der Waals surface area contributed by atoms with Crippen molar-refractivity contribution in [3.8, 4) is 11.8 Å². The Morgan fingerprint density at radius 2 is 2.03 bits per heavy atom. The lowest BCUT2D eigenvalue weighted by molar-refractivity contribution is -0.120. The Balaban J connectivity index is 1.38. The van der Waals surface area contributed by atoms with E-state index in [0.29, 0.717) is 29.6 Å². The number of rotatable bonds is 8. The van der Waals surface area contributed by atoms with Crippen LogP contribution in [0.2, 0.25) is 5.02 Å². The van der Waals surface area contributed by atoms with Gasteiger partial charge in [0.25, 0.3) is 5.91 Å². The third kappa shape index (κ3) is 6.33. The van der Waals surface area contributed by atoms with Gasteiger partial charge in [0.1, 0.15) is 5.75 Å². The molecule has 1 aliphatic heterocycles. The molecule has 1 atom stereocenters. The molecule has 194 valence electrons. The van der Waals surface area contributed by atoms with Gasteiger partial charge in [-0.15, -0.1) is 0 Å². The number of halogens is 1. The molecule has 0 spiro atoms. The SMILES string of the molecule is CCC(NC(=O)CNC(=O)c1cc(O)cc(NC2=NCCCN2)c1)c1cc(Cl)cc(C2(C#N)CCC2)c1. The molecule has 2 aromatic carbocycles. The Labute approximate surface area is 221 Å². The summed E-state index contributed by atoms with van der Waals surface area (Å²) < 4.78 is 0. The number of nitriles is 1. The predicted molar refractivity (Wildman–Crippen MR) is 143 cm³/mol. The molecular weight excluding hydrogens is 492 g/mol. The van der Waals surface area contributed by atoms with Crippen LogP contribution in [0.25, 0.3) is 0 Å². The van der Waals surface area contributed by atoms with Crippen molar-refractivity contribution in [3.63, 3.8) is 0 Å². The number of carbonyl (C=O) groups excluding carboxylic acids is 2. The third-order valence-electron chi connectivity index (χ3n) is 6.79. The molecule has 0 radical (unpaired) electrons. The molecule has 1 fully saturated rings. The van der Waals surface area contributed by atoms with Crippen molar-refractivity contribution in [2.24, 2.45) is 4.99 Å². The summed E-state index contributed by atoms with van der Waals surface area (Å²) in [6.45, 7) is 3.20. The molecule has 0 bridgehead atoms. The van der Waals surface area contributed by atoms with Crippen molar-refractivity contribution in [2.75, 3.05) is 25.0 Å². The van der Waals surface area contributed by atoms with Gasteiger partial charge < -0.3 is 26.4 Å². The molecule has 2 aliphatic rings. The molecule has 10 heteroatoms. The maximum Gasteiger partial charge on any atom is 0.251 e. The van der Waals surface area contributed by atoms with Gasteiger partial charge in [-0.3, -0.25) is 14.6 Å². The molecule has 1 heterocycles. The highest BCUT2D eigenvalue weighted by molar-refractivity contribution is 6.30. The molecule has 0 saturated heterocycles. The average molecular weight is 523 g/mol. The lowest BCUT2D eigenvalue weighted by Crippen LogP contribution is -2.39. The Morgan fingerprint density at radius 1 is 1.22 bits per heavy atom. The van der Waals surface area contributed by atoms with Crippen molar-refractivity contribution >= 4 is 35.1 Å². The van der Waals surface area contributed by atoms with E-state index in [0.717, 1.165) is 43.4 Å². The number of phenolic OH excluding ortho intramolecular Hbond substituents is 1. The van der Waals surface area contributed by atoms with Crippen molar-refractivity contribution in [2.45, 2.75) is 50.5 Å². The van der Waals surface area contributed by atoms with Crippen LogP contribution in [0, 0.1) is 11.3 Å². The second kappa shape index (κ2) is 11.5. The van der Waals surface area contributed by atoms with Crippen LogP contribution >= 0.6 is 11.6 Å². The minimum Gasteiger partial charge on any atom is -0.508 e. The van der Waals surface area contributed by atoms with Crippen molar-refractivity contribution in [1.82, 2.24) is 16.0 Å². The zero-order chi connectivity index (χ0) is 26.4. The number of hydrogen-bond acceptors (Lipinski definition) is 7. The van der Waals surface area contributed by atoms with E-state index >= 15 is 0 Å². The van der Waals surface area contributed by atoms with Gasteiger partial charge in [-0.05, 0) is 67.5 Å². The summed E-state index contributed by atoms with van der Waals surface area (Å²) in [6.07, 6.45) is 4.16. The van der Waals surface area contributed by atoms with E-state index in [1.54, 1.807) is 12.1 Å². The van der Waals surface area contributed by atoms with E-state index in [1.165, 1.54) is 12.1 Å². The Hall–Kier alpha value is -3.77. The first kappa shape index (κ1) is 26.3. The summed E-state index contributed by atoms with van der Waals surface area (Å²) >= 11 is 6.37. The molecule has 5 N–H and O–H groups in total. The van der Waals surface area contributed by atoms with E-state index in [1.807, 2.05) is 19.1 Å². The highest BCUT2D eigenvalue weighted by Crippen LogP contribution is 2.44. The first-order valence-corrected chi connectivity index (χ1v) is 12.9. The highest BCUT2D eigenvalue weighted by Gasteiger charge is 2.39. The highest BCUT2D eigenvalue weighted by atomic mass is 35.5. The molecule has 1 unspecified atom stereocenters. The molecule has 0 aromatic heterocycles. The van der Waals surface area contributed by atoms with Crippen LogP contribution in [-0.2, 0) is 10.2 Å². The fraction of sp³-hybridized carbons (Fsp3) is 0.407. The normalized spacial score (nSPS) is 16.7. The molecule has 2 aromatic rings. The monoisotopic (exact) mass is 522 g/mol. The average Bonchev–Trinajstić information content (AvgIpc) is 2.85. The van der Waals surface area contributed by atoms with Crippen LogP contribution in [0.15, 0.2) is 41.4 Å². The predicted octanol–water partition coefficient (Wildman–Crippen LogP) is 3.75. The fourth-order valence-electron chi connectivity index (χ4n) is 4.58. The maximum atomic E-state index is 12.7. The Bertz CT molecular complexity index is 1250. The molecule has 37 heavy (non-hydrogen) atoms. The van der Waals surface area contributed by atoms with E-state index in [4.69, 9.17) is 11.6 Å². The number of anilines is 1. The standard InChI is InChI=1S/C27H31ClN6O3/c1-2-23(17-9-19(13-20(28)10-17)27(16-29)5-3-6-27)34-24(36)15-32-25(37)18-11-21(14-22(35)12-18)33-26-30-7-4-8-31-26/h9-14,23,35H,2-8,15H2,1H3,(H,32,37)(H,34,36)(H2,30,31,33). The number of guanidine groups is 1. The minimum absolute atomic E-state index is 0.0829. The zero-order valence-corrected chi connectivity index (χ0v) is 21.5. The third-order valence-corrected chi connectivity index (χ3v) is 7.01. The zero-order valence-electron chi connectivity index (χ0n) is 20.7. The number of phenols is 1. The summed E-state index contributed by atoms with van der Waals surface area (Å²) in [5.74, 6) is -0.359. The Morgan fingerprint density at radius 3 is 2.68 bits per heavy atom. The second-order valence-electron chi connectivity index (χ2n) is 9.44. The van der Waals surface area contributed by atoms with Crippen LogP contribution in [0.1, 0.15) is 66.6 Å². The summed E-state index contributed by atoms with van der Waals surface area (Å²) in [4.78, 5) is 29.8. The second-order valence-corrected chi connectivity index (χ2v) is 9.87. The number of benzene rings is 2. The van der Waals surface area contributed by atoms with E-state index < -0.39 is 11.3 Å². The number of aromatic hydroxyl groups is 1. The van der Waals surface area contributed by atoms with Crippen LogP contribution in [0.5, 0.6) is 5.75 Å². The summed E-state index contributed by atoms with van der Waals surface area (Å²) in [7, 11) is 0. The van der Waals surface area contributed by atoms with Crippen LogP contribution in [0.3, 0.4) is 0 Å². The van der Waals surface area contributed by atoms with Gasteiger partial charge in [0.2, 0.25) is 5.91 Å². The van der Waals surface area contributed by atoms with Gasteiger partial charge in [0.05, 0.1) is 24.1 Å². The number of carbonyl (C=O) groups is 2. The number of hydrogen-bond donors (Lipinski definition) is 5. The fourth-order valence-corrected chi connectivity index (χ4v) is 4.83. The van der Waals surface area contributed by atoms with E-state index in [9.17, 15) is 20.0 Å². The van der Waals surface area contributed by atoms with E-state index in [2.05, 4.69) is 32.3 Å². The maximum absolute atomic E-state index is 12.7. The first-order valence-electron chi connectivity index (χ1n) is 12.5. The summed E-state index contributed by atoms with van der Waals surface area (Å²) in [5, 5.41) is 32.0. The van der Waals surface area contributed by atoms with Gasteiger partial charge in [0, 0.05) is 35.4 Å².